The molecule has 0 bridgehead atoms. The summed E-state index contributed by atoms with van der Waals surface area (Å²) in [6.07, 6.45) is 0. The second-order valence-corrected chi connectivity index (χ2v) is 6.77. The van der Waals surface area contributed by atoms with Gasteiger partial charge in [0.25, 0.3) is 0 Å². The van der Waals surface area contributed by atoms with Crippen LogP contribution >= 0.6 is 0 Å². The fraction of sp³-hybridized carbons (Fsp3) is 0.538. The number of sulfonamides is 1. The maximum atomic E-state index is 11.7. The highest BCUT2D eigenvalue weighted by Crippen LogP contribution is 2.12. The molecule has 0 fully saturated rings. The third kappa shape index (κ3) is 5.28. The molecule has 0 aliphatic rings. The molecule has 1 rings (SSSR count). The van der Waals surface area contributed by atoms with E-state index < -0.39 is 10.0 Å². The third-order valence-corrected chi connectivity index (χ3v) is 4.68. The highest BCUT2D eigenvalue weighted by molar-refractivity contribution is 7.89. The van der Waals surface area contributed by atoms with Gasteiger partial charge in [0.15, 0.2) is 0 Å². The SMILES string of the molecule is COCC(NCCS(=O)(=O)N(C)C)c1ccccc1. The number of hydrogen-bond donors (Lipinski definition) is 1. The van der Waals surface area contributed by atoms with Gasteiger partial charge in [-0.2, -0.15) is 0 Å². The van der Waals surface area contributed by atoms with Crippen LogP contribution in [-0.4, -0.2) is 52.8 Å². The van der Waals surface area contributed by atoms with Crippen molar-refractivity contribution in [3.05, 3.63) is 35.9 Å². The summed E-state index contributed by atoms with van der Waals surface area (Å²) in [5.41, 5.74) is 1.09. The average molecular weight is 286 g/mol. The van der Waals surface area contributed by atoms with Crippen molar-refractivity contribution in [3.8, 4) is 0 Å². The van der Waals surface area contributed by atoms with Gasteiger partial charge in [-0.3, -0.25) is 0 Å². The Labute approximate surface area is 115 Å². The Bertz CT molecular complexity index is 460. The molecule has 5 nitrogen and oxygen atoms in total. The molecule has 0 aliphatic heterocycles. The number of benzene rings is 1. The zero-order valence-corrected chi connectivity index (χ0v) is 12.5. The van der Waals surface area contributed by atoms with E-state index in [0.717, 1.165) is 5.56 Å². The lowest BCUT2D eigenvalue weighted by molar-refractivity contribution is 0.168. The maximum absolute atomic E-state index is 11.7. The van der Waals surface area contributed by atoms with E-state index in [1.165, 1.54) is 4.31 Å². The highest BCUT2D eigenvalue weighted by atomic mass is 32.2. The summed E-state index contributed by atoms with van der Waals surface area (Å²) in [4.78, 5) is 0. The van der Waals surface area contributed by atoms with Gasteiger partial charge in [-0.05, 0) is 5.56 Å². The van der Waals surface area contributed by atoms with Crippen LogP contribution in [0.1, 0.15) is 11.6 Å². The van der Waals surface area contributed by atoms with Gasteiger partial charge >= 0.3 is 0 Å². The molecule has 0 radical (unpaired) electrons. The van der Waals surface area contributed by atoms with Gasteiger partial charge < -0.3 is 10.1 Å². The van der Waals surface area contributed by atoms with Crippen LogP contribution in [0.3, 0.4) is 0 Å². The predicted octanol–water partition coefficient (Wildman–Crippen LogP) is 0.855. The molecule has 1 aromatic carbocycles. The van der Waals surface area contributed by atoms with Gasteiger partial charge in [0.05, 0.1) is 18.4 Å². The Morgan fingerprint density at radius 2 is 1.89 bits per heavy atom. The minimum absolute atomic E-state index is 0.00330. The molecule has 19 heavy (non-hydrogen) atoms. The molecule has 1 aromatic rings. The van der Waals surface area contributed by atoms with Gasteiger partial charge in [-0.15, -0.1) is 0 Å². The highest BCUT2D eigenvalue weighted by Gasteiger charge is 2.15. The molecule has 1 atom stereocenters. The van der Waals surface area contributed by atoms with Crippen molar-refractivity contribution in [2.24, 2.45) is 0 Å². The van der Waals surface area contributed by atoms with Crippen molar-refractivity contribution >= 4 is 10.0 Å². The van der Waals surface area contributed by atoms with E-state index in [2.05, 4.69) is 5.32 Å². The first-order chi connectivity index (χ1) is 8.97. The lowest BCUT2D eigenvalue weighted by Gasteiger charge is -2.19. The molecule has 0 amide bonds. The van der Waals surface area contributed by atoms with Crippen molar-refractivity contribution in [2.75, 3.05) is 40.1 Å². The van der Waals surface area contributed by atoms with Crippen LogP contribution in [0, 0.1) is 0 Å². The summed E-state index contributed by atoms with van der Waals surface area (Å²) in [6, 6.07) is 9.86. The summed E-state index contributed by atoms with van der Waals surface area (Å²) < 4.78 is 29.7. The van der Waals surface area contributed by atoms with Crippen molar-refractivity contribution in [3.63, 3.8) is 0 Å². The number of hydrogen-bond acceptors (Lipinski definition) is 4. The Morgan fingerprint density at radius 1 is 1.26 bits per heavy atom. The van der Waals surface area contributed by atoms with Gasteiger partial charge in [0.2, 0.25) is 10.0 Å². The number of methoxy groups -OCH3 is 1. The fourth-order valence-corrected chi connectivity index (χ4v) is 2.41. The molecule has 1 unspecified atom stereocenters. The summed E-state index contributed by atoms with van der Waals surface area (Å²) in [5.74, 6) is 0.0764. The quantitative estimate of drug-likeness (QED) is 0.770. The molecular weight excluding hydrogens is 264 g/mol. The molecule has 0 spiro atoms. The zero-order chi connectivity index (χ0) is 14.3. The lowest BCUT2D eigenvalue weighted by atomic mass is 10.1. The van der Waals surface area contributed by atoms with Crippen LogP contribution in [0.4, 0.5) is 0 Å². The molecule has 6 heteroatoms. The van der Waals surface area contributed by atoms with Crippen LogP contribution in [0.5, 0.6) is 0 Å². The Hall–Kier alpha value is -0.950. The monoisotopic (exact) mass is 286 g/mol. The van der Waals surface area contributed by atoms with Crippen LogP contribution in [-0.2, 0) is 14.8 Å². The maximum Gasteiger partial charge on any atom is 0.214 e. The number of ether oxygens (including phenoxy) is 1. The Balaban J connectivity index is 2.57. The fourth-order valence-electron chi connectivity index (χ4n) is 1.67. The molecule has 0 aromatic heterocycles. The summed E-state index contributed by atoms with van der Waals surface area (Å²) in [6.45, 7) is 0.898. The van der Waals surface area contributed by atoms with E-state index in [1.54, 1.807) is 21.2 Å². The van der Waals surface area contributed by atoms with E-state index in [9.17, 15) is 8.42 Å². The second kappa shape index (κ2) is 7.59. The number of rotatable bonds is 8. The minimum Gasteiger partial charge on any atom is -0.383 e. The van der Waals surface area contributed by atoms with Gasteiger partial charge in [0.1, 0.15) is 0 Å². The van der Waals surface area contributed by atoms with Gasteiger partial charge in [0, 0.05) is 27.7 Å². The molecule has 0 saturated carbocycles. The van der Waals surface area contributed by atoms with Crippen molar-refractivity contribution in [1.82, 2.24) is 9.62 Å². The van der Waals surface area contributed by atoms with Crippen LogP contribution in [0.2, 0.25) is 0 Å². The molecule has 0 aliphatic carbocycles. The summed E-state index contributed by atoms with van der Waals surface area (Å²) >= 11 is 0. The van der Waals surface area contributed by atoms with Crippen molar-refractivity contribution in [1.29, 1.82) is 0 Å². The standard InChI is InChI=1S/C13H22N2O3S/c1-15(2)19(16,17)10-9-14-13(11-18-3)12-7-5-4-6-8-12/h4-8,13-14H,9-11H2,1-3H3. The van der Waals surface area contributed by atoms with E-state index in [0.29, 0.717) is 13.2 Å². The molecular formula is C13H22N2O3S. The normalized spacial score (nSPS) is 13.7. The predicted molar refractivity (Wildman–Crippen MR) is 76.5 cm³/mol. The molecule has 1 N–H and O–H groups in total. The van der Waals surface area contributed by atoms with E-state index in [1.807, 2.05) is 30.3 Å². The average Bonchev–Trinajstić information content (AvgIpc) is 2.38. The van der Waals surface area contributed by atoms with Crippen molar-refractivity contribution < 1.29 is 13.2 Å². The van der Waals surface area contributed by atoms with E-state index in [-0.39, 0.29) is 11.8 Å². The molecule has 108 valence electrons. The first-order valence-corrected chi connectivity index (χ1v) is 7.75. The molecule has 0 heterocycles. The summed E-state index contributed by atoms with van der Waals surface area (Å²) in [7, 11) is 1.55. The largest absolute Gasteiger partial charge is 0.383 e. The zero-order valence-electron chi connectivity index (χ0n) is 11.7. The van der Waals surface area contributed by atoms with Crippen molar-refractivity contribution in [2.45, 2.75) is 6.04 Å². The van der Waals surface area contributed by atoms with Crippen LogP contribution in [0.25, 0.3) is 0 Å². The first-order valence-electron chi connectivity index (χ1n) is 6.15. The van der Waals surface area contributed by atoms with Crippen LogP contribution in [0.15, 0.2) is 30.3 Å². The smallest absolute Gasteiger partial charge is 0.214 e. The number of nitrogens with zero attached hydrogens (tertiary/aromatic N) is 1. The van der Waals surface area contributed by atoms with Gasteiger partial charge in [-0.1, -0.05) is 30.3 Å². The topological polar surface area (TPSA) is 58.6 Å². The third-order valence-electron chi connectivity index (χ3n) is 2.84. The van der Waals surface area contributed by atoms with E-state index in [4.69, 9.17) is 4.74 Å². The first kappa shape index (κ1) is 16.1. The Kier molecular flexibility index (Phi) is 6.44. The van der Waals surface area contributed by atoms with E-state index >= 15 is 0 Å². The lowest BCUT2D eigenvalue weighted by Crippen LogP contribution is -2.34. The molecule has 0 saturated heterocycles. The Morgan fingerprint density at radius 3 is 2.42 bits per heavy atom. The van der Waals surface area contributed by atoms with Gasteiger partial charge in [-0.25, -0.2) is 12.7 Å². The summed E-state index contributed by atoms with van der Waals surface area (Å²) in [5, 5.41) is 3.22. The van der Waals surface area contributed by atoms with Crippen LogP contribution < -0.4 is 5.32 Å². The minimum atomic E-state index is -3.16. The second-order valence-electron chi connectivity index (χ2n) is 4.47. The number of nitrogens with one attached hydrogen (secondary N) is 1.